The Labute approximate surface area is 280 Å². The van der Waals surface area contributed by atoms with E-state index in [-0.39, 0.29) is 0 Å². The molecular formula is C44H24N4O. The first kappa shape index (κ1) is 27.1. The maximum absolute atomic E-state index is 10.5. The highest BCUT2D eigenvalue weighted by Crippen LogP contribution is 2.41. The molecule has 5 heteroatoms. The lowest BCUT2D eigenvalue weighted by Crippen LogP contribution is -1.99. The number of aromatic nitrogens is 2. The Kier molecular flexibility index (Phi) is 5.64. The molecule has 10 aromatic rings. The first-order valence-electron chi connectivity index (χ1n) is 16.1. The van der Waals surface area contributed by atoms with E-state index in [0.717, 1.165) is 88.1 Å². The van der Waals surface area contributed by atoms with E-state index in [1.807, 2.05) is 66.7 Å². The van der Waals surface area contributed by atoms with Crippen molar-refractivity contribution in [3.63, 3.8) is 0 Å². The first-order chi connectivity index (χ1) is 24.2. The molecule has 0 aliphatic heterocycles. The molecule has 10 rings (SSSR count). The predicted molar refractivity (Wildman–Crippen MR) is 197 cm³/mol. The summed E-state index contributed by atoms with van der Waals surface area (Å²) >= 11 is 0. The van der Waals surface area contributed by atoms with Gasteiger partial charge in [-0.1, -0.05) is 84.9 Å². The summed E-state index contributed by atoms with van der Waals surface area (Å²) in [7, 11) is 0. The van der Waals surface area contributed by atoms with Gasteiger partial charge in [0.05, 0.1) is 45.0 Å². The van der Waals surface area contributed by atoms with Gasteiger partial charge in [-0.25, -0.2) is 0 Å². The average molecular weight is 625 g/mol. The summed E-state index contributed by atoms with van der Waals surface area (Å²) in [4.78, 5) is 0. The monoisotopic (exact) mass is 624 g/mol. The molecule has 0 aliphatic carbocycles. The third kappa shape index (κ3) is 3.85. The number of nitrogens with zero attached hydrogens (tertiary/aromatic N) is 4. The van der Waals surface area contributed by atoms with E-state index < -0.39 is 0 Å². The average Bonchev–Trinajstić information content (AvgIpc) is 3.82. The van der Waals surface area contributed by atoms with Crippen molar-refractivity contribution in [2.24, 2.45) is 0 Å². The molecule has 0 aliphatic rings. The SMILES string of the molecule is N#Cc1cc(-c2ccc(C#N)c(-n3c4ccccc4c4ccc5c6ccccc6oc5c43)c2)cc(-n2c3ccccc3c3ccccc32)c1. The van der Waals surface area contributed by atoms with Crippen LogP contribution in [0.5, 0.6) is 0 Å². The standard InChI is InChI=1S/C44H24N4O/c45-25-27-21-30(23-31(22-27)47-38-13-5-1-9-32(38)33-10-2-6-14-39(33)47)28-17-18-29(26-46)41(24-28)48-40-15-7-3-11-34(40)36-19-20-37-35-12-4-8-16-42(35)49-44(37)43(36)48/h1-24H. The minimum Gasteiger partial charge on any atom is -0.454 e. The molecule has 0 bridgehead atoms. The maximum Gasteiger partial charge on any atom is 0.160 e. The second kappa shape index (κ2) is 10.2. The molecule has 3 heterocycles. The van der Waals surface area contributed by atoms with E-state index >= 15 is 0 Å². The van der Waals surface area contributed by atoms with Crippen LogP contribution in [0.1, 0.15) is 11.1 Å². The Hall–Kier alpha value is -7.08. The van der Waals surface area contributed by atoms with Crippen molar-refractivity contribution < 1.29 is 4.42 Å². The number of fused-ring (bicyclic) bond motifs is 10. The topological polar surface area (TPSA) is 70.6 Å². The number of nitriles is 2. The van der Waals surface area contributed by atoms with Crippen molar-refractivity contribution in [2.75, 3.05) is 0 Å². The van der Waals surface area contributed by atoms with E-state index in [4.69, 9.17) is 4.42 Å². The number of rotatable bonds is 3. The summed E-state index contributed by atoms with van der Waals surface area (Å²) < 4.78 is 11.0. The molecule has 0 atom stereocenters. The molecule has 0 fully saturated rings. The van der Waals surface area contributed by atoms with Crippen LogP contribution in [0.3, 0.4) is 0 Å². The highest BCUT2D eigenvalue weighted by Gasteiger charge is 2.21. The third-order valence-corrected chi connectivity index (χ3v) is 9.76. The molecule has 0 unspecified atom stereocenters. The van der Waals surface area contributed by atoms with Crippen LogP contribution in [-0.2, 0) is 0 Å². The van der Waals surface area contributed by atoms with E-state index in [1.54, 1.807) is 0 Å². The smallest absolute Gasteiger partial charge is 0.160 e. The lowest BCUT2D eigenvalue weighted by atomic mass is 9.99. The molecule has 49 heavy (non-hydrogen) atoms. The van der Waals surface area contributed by atoms with Crippen molar-refractivity contribution in [2.45, 2.75) is 0 Å². The van der Waals surface area contributed by atoms with Gasteiger partial charge in [0.1, 0.15) is 11.7 Å². The first-order valence-corrected chi connectivity index (χ1v) is 16.1. The molecular weight excluding hydrogens is 601 g/mol. The van der Waals surface area contributed by atoms with Gasteiger partial charge in [-0.2, -0.15) is 10.5 Å². The number of para-hydroxylation sites is 4. The number of benzene rings is 7. The molecule has 0 saturated carbocycles. The van der Waals surface area contributed by atoms with Crippen LogP contribution in [0.4, 0.5) is 0 Å². The van der Waals surface area contributed by atoms with E-state index in [0.29, 0.717) is 11.1 Å². The van der Waals surface area contributed by atoms with E-state index in [9.17, 15) is 10.5 Å². The molecule has 0 saturated heterocycles. The highest BCUT2D eigenvalue weighted by atomic mass is 16.3. The normalized spacial score (nSPS) is 11.6. The summed E-state index contributed by atoms with van der Waals surface area (Å²) in [6.45, 7) is 0. The van der Waals surface area contributed by atoms with Crippen LogP contribution in [0.25, 0.3) is 88.1 Å². The van der Waals surface area contributed by atoms with Gasteiger partial charge in [-0.3, -0.25) is 0 Å². The van der Waals surface area contributed by atoms with Crippen LogP contribution in [0.15, 0.2) is 150 Å². The van der Waals surface area contributed by atoms with Crippen molar-refractivity contribution in [3.8, 4) is 34.6 Å². The third-order valence-electron chi connectivity index (χ3n) is 9.76. The minimum absolute atomic E-state index is 0.540. The van der Waals surface area contributed by atoms with Gasteiger partial charge in [-0.15, -0.1) is 0 Å². The van der Waals surface area contributed by atoms with Gasteiger partial charge in [0.25, 0.3) is 0 Å². The van der Waals surface area contributed by atoms with Crippen LogP contribution < -0.4 is 0 Å². The lowest BCUT2D eigenvalue weighted by Gasteiger charge is -2.14. The van der Waals surface area contributed by atoms with E-state index in [1.165, 1.54) is 0 Å². The summed E-state index contributed by atoms with van der Waals surface area (Å²) in [6, 6.07) is 54.1. The van der Waals surface area contributed by atoms with Gasteiger partial charge >= 0.3 is 0 Å². The molecule has 7 aromatic carbocycles. The second-order valence-electron chi connectivity index (χ2n) is 12.4. The second-order valence-corrected chi connectivity index (χ2v) is 12.4. The number of hydrogen-bond acceptors (Lipinski definition) is 3. The zero-order chi connectivity index (χ0) is 32.6. The highest BCUT2D eigenvalue weighted by molar-refractivity contribution is 6.21. The lowest BCUT2D eigenvalue weighted by molar-refractivity contribution is 0.671. The van der Waals surface area contributed by atoms with Crippen LogP contribution in [-0.4, -0.2) is 9.13 Å². The Morgan fingerprint density at radius 3 is 1.78 bits per heavy atom. The molecule has 0 amide bonds. The molecule has 0 N–H and O–H groups in total. The largest absolute Gasteiger partial charge is 0.454 e. The number of hydrogen-bond donors (Lipinski definition) is 0. The van der Waals surface area contributed by atoms with Gasteiger partial charge in [0.2, 0.25) is 0 Å². The van der Waals surface area contributed by atoms with Crippen LogP contribution in [0, 0.1) is 22.7 Å². The van der Waals surface area contributed by atoms with Crippen molar-refractivity contribution in [1.29, 1.82) is 10.5 Å². The predicted octanol–water partition coefficient (Wildman–Crippen LogP) is 11.2. The number of furan rings is 1. The molecule has 0 radical (unpaired) electrons. The summed E-state index contributed by atoms with van der Waals surface area (Å²) in [6.07, 6.45) is 0. The van der Waals surface area contributed by atoms with Crippen molar-refractivity contribution in [1.82, 2.24) is 9.13 Å². The van der Waals surface area contributed by atoms with Gasteiger partial charge in [0, 0.05) is 38.0 Å². The Balaban J connectivity index is 1.26. The molecule has 0 spiro atoms. The summed E-state index contributed by atoms with van der Waals surface area (Å²) in [5, 5.41) is 27.2. The molecule has 5 nitrogen and oxygen atoms in total. The Morgan fingerprint density at radius 1 is 0.469 bits per heavy atom. The Morgan fingerprint density at radius 2 is 1.08 bits per heavy atom. The van der Waals surface area contributed by atoms with E-state index in [2.05, 4.69) is 100 Å². The fourth-order valence-electron chi connectivity index (χ4n) is 7.64. The van der Waals surface area contributed by atoms with Gasteiger partial charge in [0.15, 0.2) is 5.58 Å². The van der Waals surface area contributed by atoms with Gasteiger partial charge < -0.3 is 13.6 Å². The summed E-state index contributed by atoms with van der Waals surface area (Å²) in [5.41, 5.74) is 10.2. The molecule has 226 valence electrons. The quantitative estimate of drug-likeness (QED) is 0.196. The van der Waals surface area contributed by atoms with Crippen LogP contribution in [0.2, 0.25) is 0 Å². The fraction of sp³-hybridized carbons (Fsp3) is 0. The summed E-state index contributed by atoms with van der Waals surface area (Å²) in [5.74, 6) is 0. The molecule has 3 aromatic heterocycles. The van der Waals surface area contributed by atoms with Crippen LogP contribution >= 0.6 is 0 Å². The maximum atomic E-state index is 10.5. The Bertz CT molecular complexity index is 3030. The van der Waals surface area contributed by atoms with Crippen molar-refractivity contribution in [3.05, 3.63) is 157 Å². The fourth-order valence-corrected chi connectivity index (χ4v) is 7.64. The van der Waals surface area contributed by atoms with Gasteiger partial charge in [-0.05, 0) is 71.8 Å². The minimum atomic E-state index is 0.540. The zero-order valence-corrected chi connectivity index (χ0v) is 26.1. The van der Waals surface area contributed by atoms with Crippen molar-refractivity contribution >= 4 is 65.6 Å². The zero-order valence-electron chi connectivity index (χ0n) is 26.1.